The highest BCUT2D eigenvalue weighted by Gasteiger charge is 2.16. The minimum atomic E-state index is 0.218. The summed E-state index contributed by atoms with van der Waals surface area (Å²) in [4.78, 5) is 1.31. The second-order valence-corrected chi connectivity index (χ2v) is 6.86. The minimum Gasteiger partial charge on any atom is -0.496 e. The average Bonchev–Trinajstić information content (AvgIpc) is 2.83. The number of thiophene rings is 1. The lowest BCUT2D eigenvalue weighted by atomic mass is 10.0. The van der Waals surface area contributed by atoms with Crippen LogP contribution >= 0.6 is 27.3 Å². The summed E-state index contributed by atoms with van der Waals surface area (Å²) in [6.07, 6.45) is 0. The van der Waals surface area contributed by atoms with Crippen LogP contribution in [0.15, 0.2) is 34.1 Å². The van der Waals surface area contributed by atoms with E-state index in [1.807, 2.05) is 0 Å². The maximum Gasteiger partial charge on any atom is 0.122 e. The van der Waals surface area contributed by atoms with Gasteiger partial charge in [-0.05, 0) is 58.7 Å². The molecule has 1 unspecified atom stereocenters. The van der Waals surface area contributed by atoms with E-state index in [2.05, 4.69) is 65.4 Å². The van der Waals surface area contributed by atoms with Gasteiger partial charge in [-0.1, -0.05) is 19.1 Å². The summed E-state index contributed by atoms with van der Waals surface area (Å²) < 4.78 is 6.58. The molecule has 2 nitrogen and oxygen atoms in total. The van der Waals surface area contributed by atoms with E-state index in [0.29, 0.717) is 0 Å². The van der Waals surface area contributed by atoms with E-state index in [-0.39, 0.29) is 6.04 Å². The van der Waals surface area contributed by atoms with E-state index in [1.54, 1.807) is 18.4 Å². The molecule has 1 atom stereocenters. The molecule has 0 fully saturated rings. The molecule has 19 heavy (non-hydrogen) atoms. The van der Waals surface area contributed by atoms with Gasteiger partial charge in [0.1, 0.15) is 5.75 Å². The average molecular weight is 340 g/mol. The first-order valence-electron chi connectivity index (χ1n) is 6.29. The van der Waals surface area contributed by atoms with Crippen molar-refractivity contribution < 1.29 is 4.74 Å². The predicted molar refractivity (Wildman–Crippen MR) is 85.3 cm³/mol. The smallest absolute Gasteiger partial charge is 0.122 e. The third kappa shape index (κ3) is 3.38. The lowest BCUT2D eigenvalue weighted by Crippen LogP contribution is -2.21. The second kappa shape index (κ2) is 6.55. The molecular weight excluding hydrogens is 322 g/mol. The van der Waals surface area contributed by atoms with Crippen LogP contribution < -0.4 is 10.1 Å². The SMILES string of the molecule is CCNC(c1ccc(C)c(OC)c1)c1ccc(Br)s1. The Hall–Kier alpha value is -0.840. The fourth-order valence-electron chi connectivity index (χ4n) is 2.09. The summed E-state index contributed by atoms with van der Waals surface area (Å²) >= 11 is 5.29. The van der Waals surface area contributed by atoms with Crippen LogP contribution in [0.4, 0.5) is 0 Å². The van der Waals surface area contributed by atoms with Crippen LogP contribution in [0.2, 0.25) is 0 Å². The summed E-state index contributed by atoms with van der Waals surface area (Å²) in [6, 6.07) is 10.9. The van der Waals surface area contributed by atoms with Crippen LogP contribution in [0.5, 0.6) is 5.75 Å². The summed E-state index contributed by atoms with van der Waals surface area (Å²) in [5, 5.41) is 3.53. The number of nitrogens with one attached hydrogen (secondary N) is 1. The number of hydrogen-bond donors (Lipinski definition) is 1. The summed E-state index contributed by atoms with van der Waals surface area (Å²) in [7, 11) is 1.72. The predicted octanol–water partition coefficient (Wildman–Crippen LogP) is 4.53. The molecular formula is C15H18BrNOS. The van der Waals surface area contributed by atoms with Crippen LogP contribution in [-0.4, -0.2) is 13.7 Å². The Balaban J connectivity index is 2.38. The van der Waals surface area contributed by atoms with Crippen LogP contribution in [0.3, 0.4) is 0 Å². The molecule has 0 spiro atoms. The fourth-order valence-corrected chi connectivity index (χ4v) is 3.61. The van der Waals surface area contributed by atoms with Gasteiger partial charge in [-0.25, -0.2) is 0 Å². The highest BCUT2D eigenvalue weighted by Crippen LogP contribution is 2.33. The molecule has 0 saturated carbocycles. The van der Waals surface area contributed by atoms with E-state index >= 15 is 0 Å². The highest BCUT2D eigenvalue weighted by molar-refractivity contribution is 9.11. The van der Waals surface area contributed by atoms with Gasteiger partial charge in [0.2, 0.25) is 0 Å². The number of aryl methyl sites for hydroxylation is 1. The molecule has 1 heterocycles. The lowest BCUT2D eigenvalue weighted by Gasteiger charge is -2.18. The molecule has 1 aromatic carbocycles. The molecule has 4 heteroatoms. The molecule has 0 aliphatic rings. The number of ether oxygens (including phenoxy) is 1. The van der Waals surface area contributed by atoms with Gasteiger partial charge >= 0.3 is 0 Å². The maximum absolute atomic E-state index is 5.42. The number of hydrogen-bond acceptors (Lipinski definition) is 3. The lowest BCUT2D eigenvalue weighted by molar-refractivity contribution is 0.410. The Labute approximate surface area is 126 Å². The number of methoxy groups -OCH3 is 1. The van der Waals surface area contributed by atoms with Crippen molar-refractivity contribution in [3.05, 3.63) is 50.1 Å². The fraction of sp³-hybridized carbons (Fsp3) is 0.333. The molecule has 1 aromatic heterocycles. The molecule has 2 rings (SSSR count). The van der Waals surface area contributed by atoms with Crippen LogP contribution in [0, 0.1) is 6.92 Å². The van der Waals surface area contributed by atoms with Crippen LogP contribution in [-0.2, 0) is 0 Å². The summed E-state index contributed by atoms with van der Waals surface area (Å²) in [5.74, 6) is 0.941. The normalized spacial score (nSPS) is 12.4. The number of rotatable bonds is 5. The van der Waals surface area contributed by atoms with Crippen molar-refractivity contribution in [3.63, 3.8) is 0 Å². The van der Waals surface area contributed by atoms with E-state index in [0.717, 1.165) is 21.6 Å². The van der Waals surface area contributed by atoms with Gasteiger partial charge in [0.05, 0.1) is 16.9 Å². The van der Waals surface area contributed by atoms with E-state index < -0.39 is 0 Å². The zero-order valence-corrected chi connectivity index (χ0v) is 13.8. The molecule has 0 radical (unpaired) electrons. The molecule has 0 aliphatic heterocycles. The van der Waals surface area contributed by atoms with Gasteiger partial charge in [0.15, 0.2) is 0 Å². The van der Waals surface area contributed by atoms with E-state index in [4.69, 9.17) is 4.74 Å². The van der Waals surface area contributed by atoms with Gasteiger partial charge in [-0.2, -0.15) is 0 Å². The van der Waals surface area contributed by atoms with Crippen LogP contribution in [0.25, 0.3) is 0 Å². The van der Waals surface area contributed by atoms with Gasteiger partial charge < -0.3 is 10.1 Å². The van der Waals surface area contributed by atoms with Crippen molar-refractivity contribution >= 4 is 27.3 Å². The Bertz CT molecular complexity index is 553. The molecule has 2 aromatic rings. The third-order valence-electron chi connectivity index (χ3n) is 3.05. The molecule has 102 valence electrons. The second-order valence-electron chi connectivity index (χ2n) is 4.36. The molecule has 0 saturated heterocycles. The number of benzene rings is 1. The van der Waals surface area contributed by atoms with Gasteiger partial charge in [0, 0.05) is 4.88 Å². The summed E-state index contributed by atoms with van der Waals surface area (Å²) in [6.45, 7) is 5.12. The third-order valence-corrected chi connectivity index (χ3v) is 4.74. The van der Waals surface area contributed by atoms with Gasteiger partial charge in [-0.15, -0.1) is 11.3 Å². The van der Waals surface area contributed by atoms with Crippen molar-refractivity contribution in [2.24, 2.45) is 0 Å². The highest BCUT2D eigenvalue weighted by atomic mass is 79.9. The number of halogens is 1. The van der Waals surface area contributed by atoms with Crippen molar-refractivity contribution in [1.29, 1.82) is 0 Å². The minimum absolute atomic E-state index is 0.218. The Kier molecular flexibility index (Phi) is 5.02. The zero-order chi connectivity index (χ0) is 13.8. The molecule has 0 aliphatic carbocycles. The van der Waals surface area contributed by atoms with E-state index in [9.17, 15) is 0 Å². The summed E-state index contributed by atoms with van der Waals surface area (Å²) in [5.41, 5.74) is 2.40. The van der Waals surface area contributed by atoms with Gasteiger partial charge in [-0.3, -0.25) is 0 Å². The maximum atomic E-state index is 5.42. The topological polar surface area (TPSA) is 21.3 Å². The van der Waals surface area contributed by atoms with Gasteiger partial charge in [0.25, 0.3) is 0 Å². The first-order chi connectivity index (χ1) is 9.15. The monoisotopic (exact) mass is 339 g/mol. The van der Waals surface area contributed by atoms with Crippen molar-refractivity contribution in [3.8, 4) is 5.75 Å². The Morgan fingerprint density at radius 2 is 2.11 bits per heavy atom. The molecule has 0 bridgehead atoms. The Morgan fingerprint density at radius 3 is 2.68 bits per heavy atom. The largest absolute Gasteiger partial charge is 0.496 e. The van der Waals surface area contributed by atoms with Crippen LogP contribution in [0.1, 0.15) is 29.0 Å². The van der Waals surface area contributed by atoms with Crippen molar-refractivity contribution in [2.45, 2.75) is 19.9 Å². The zero-order valence-electron chi connectivity index (χ0n) is 11.4. The first kappa shape index (κ1) is 14.6. The Morgan fingerprint density at radius 1 is 1.32 bits per heavy atom. The standard InChI is InChI=1S/C15H18BrNOS/c1-4-17-15(13-7-8-14(16)19-13)11-6-5-10(2)12(9-11)18-3/h5-9,15,17H,4H2,1-3H3. The molecule has 1 N–H and O–H groups in total. The first-order valence-corrected chi connectivity index (χ1v) is 7.89. The van der Waals surface area contributed by atoms with Crippen molar-refractivity contribution in [2.75, 3.05) is 13.7 Å². The quantitative estimate of drug-likeness (QED) is 0.864. The van der Waals surface area contributed by atoms with Crippen molar-refractivity contribution in [1.82, 2.24) is 5.32 Å². The molecule has 0 amide bonds. The van der Waals surface area contributed by atoms with E-state index in [1.165, 1.54) is 10.4 Å².